The van der Waals surface area contributed by atoms with Crippen LogP contribution in [0.3, 0.4) is 0 Å². The summed E-state index contributed by atoms with van der Waals surface area (Å²) >= 11 is 0. The van der Waals surface area contributed by atoms with Crippen LogP contribution in [-0.2, 0) is 9.47 Å². The number of hydrogen-bond acceptors (Lipinski definition) is 3. The largest absolute Gasteiger partial charge is 0.509 e. The van der Waals surface area contributed by atoms with Crippen molar-refractivity contribution in [1.29, 1.82) is 0 Å². The molecule has 1 aromatic carbocycles. The van der Waals surface area contributed by atoms with Crippen molar-refractivity contribution in [2.45, 2.75) is 43.8 Å². The number of hydrogen-bond donors (Lipinski definition) is 0. The summed E-state index contributed by atoms with van der Waals surface area (Å²) in [6, 6.07) is 10.5. The summed E-state index contributed by atoms with van der Waals surface area (Å²) in [6.45, 7) is 0. The van der Waals surface area contributed by atoms with E-state index >= 15 is 0 Å². The molecule has 3 atom stereocenters. The maximum absolute atomic E-state index is 11.6. The van der Waals surface area contributed by atoms with Crippen LogP contribution in [0.25, 0.3) is 5.57 Å². The zero-order valence-corrected chi connectivity index (χ0v) is 11.4. The van der Waals surface area contributed by atoms with Gasteiger partial charge in [-0.15, -0.1) is 0 Å². The molecule has 0 bridgehead atoms. The van der Waals surface area contributed by atoms with E-state index in [9.17, 15) is 4.79 Å². The van der Waals surface area contributed by atoms with Crippen LogP contribution in [-0.4, -0.2) is 17.9 Å². The van der Waals surface area contributed by atoms with Crippen LogP contribution in [0.2, 0.25) is 0 Å². The molecule has 3 aliphatic rings. The summed E-state index contributed by atoms with van der Waals surface area (Å²) in [4.78, 5) is 11.6. The molecule has 1 heterocycles. The Morgan fingerprint density at radius 2 is 2.00 bits per heavy atom. The molecule has 1 saturated carbocycles. The first kappa shape index (κ1) is 12.0. The van der Waals surface area contributed by atoms with Crippen molar-refractivity contribution < 1.29 is 14.3 Å². The Hall–Kier alpha value is -1.77. The zero-order chi connectivity index (χ0) is 13.6. The summed E-state index contributed by atoms with van der Waals surface area (Å²) in [5, 5.41) is 0. The van der Waals surface area contributed by atoms with Crippen LogP contribution in [0, 0.1) is 5.92 Å². The summed E-state index contributed by atoms with van der Waals surface area (Å²) in [5.74, 6) is 0.281. The molecule has 0 N–H and O–H groups in total. The molecule has 0 amide bonds. The van der Waals surface area contributed by atoms with Gasteiger partial charge in [-0.3, -0.25) is 0 Å². The third-order valence-electron chi connectivity index (χ3n) is 4.99. The van der Waals surface area contributed by atoms with Gasteiger partial charge in [0.05, 0.1) is 0 Å². The quantitative estimate of drug-likeness (QED) is 0.725. The van der Waals surface area contributed by atoms with Gasteiger partial charge in [-0.05, 0) is 30.4 Å². The van der Waals surface area contributed by atoms with Gasteiger partial charge in [0, 0.05) is 12.3 Å². The van der Waals surface area contributed by atoms with E-state index in [-0.39, 0.29) is 12.0 Å². The standard InChI is InChI=1S/C17H18O3/c18-16-19-15-10-9-13(12-6-2-1-3-7-12)14-8-4-5-11-17(14,15)20-16/h1-3,6-7,9,14-15H,4-5,8,10-11H2/t14-,15-,17+/m1/s1. The zero-order valence-electron chi connectivity index (χ0n) is 11.4. The summed E-state index contributed by atoms with van der Waals surface area (Å²) in [6.07, 6.45) is 6.76. The van der Waals surface area contributed by atoms with E-state index < -0.39 is 11.8 Å². The molecule has 1 aromatic rings. The molecule has 0 aromatic heterocycles. The highest BCUT2D eigenvalue weighted by Gasteiger charge is 2.59. The number of carbonyl (C=O) groups is 1. The molecule has 0 radical (unpaired) electrons. The highest BCUT2D eigenvalue weighted by molar-refractivity contribution is 5.73. The third kappa shape index (κ3) is 1.62. The first-order valence-corrected chi connectivity index (χ1v) is 7.45. The van der Waals surface area contributed by atoms with Gasteiger partial charge >= 0.3 is 6.16 Å². The van der Waals surface area contributed by atoms with E-state index in [0.717, 1.165) is 25.7 Å². The van der Waals surface area contributed by atoms with E-state index in [1.165, 1.54) is 17.6 Å². The van der Waals surface area contributed by atoms with Gasteiger partial charge in [-0.25, -0.2) is 4.79 Å². The van der Waals surface area contributed by atoms with Crippen molar-refractivity contribution in [1.82, 2.24) is 0 Å². The summed E-state index contributed by atoms with van der Waals surface area (Å²) in [7, 11) is 0. The lowest BCUT2D eigenvalue weighted by molar-refractivity contribution is -0.0362. The van der Waals surface area contributed by atoms with Crippen molar-refractivity contribution in [2.24, 2.45) is 5.92 Å². The molecule has 0 unspecified atom stereocenters. The first-order chi connectivity index (χ1) is 9.79. The van der Waals surface area contributed by atoms with E-state index in [2.05, 4.69) is 30.3 Å². The SMILES string of the molecule is O=C1O[C@@H]2CC=C(c3ccccc3)[C@H]3CCCC[C@]32O1. The van der Waals surface area contributed by atoms with Crippen LogP contribution in [0.4, 0.5) is 4.79 Å². The molecule has 20 heavy (non-hydrogen) atoms. The Balaban J connectivity index is 1.78. The monoisotopic (exact) mass is 270 g/mol. The van der Waals surface area contributed by atoms with Gasteiger partial charge in [-0.1, -0.05) is 42.8 Å². The average Bonchev–Trinajstić information content (AvgIpc) is 2.81. The smallest absolute Gasteiger partial charge is 0.426 e. The van der Waals surface area contributed by atoms with Crippen molar-refractivity contribution in [3.63, 3.8) is 0 Å². The lowest BCUT2D eigenvalue weighted by Gasteiger charge is -2.45. The van der Waals surface area contributed by atoms with E-state index in [4.69, 9.17) is 9.47 Å². The normalized spacial score (nSPS) is 35.4. The average molecular weight is 270 g/mol. The second-order valence-corrected chi connectivity index (χ2v) is 5.97. The predicted molar refractivity (Wildman–Crippen MR) is 75.1 cm³/mol. The second kappa shape index (κ2) is 4.37. The molecule has 1 saturated heterocycles. The highest BCUT2D eigenvalue weighted by atomic mass is 16.8. The van der Waals surface area contributed by atoms with Crippen LogP contribution >= 0.6 is 0 Å². The Labute approximate surface area is 118 Å². The van der Waals surface area contributed by atoms with Crippen LogP contribution in [0.1, 0.15) is 37.7 Å². The van der Waals surface area contributed by atoms with Crippen molar-refractivity contribution in [3.8, 4) is 0 Å². The van der Waals surface area contributed by atoms with Gasteiger partial charge in [-0.2, -0.15) is 0 Å². The highest BCUT2D eigenvalue weighted by Crippen LogP contribution is 2.53. The fourth-order valence-corrected chi connectivity index (χ4v) is 4.13. The first-order valence-electron chi connectivity index (χ1n) is 7.45. The molecular formula is C17H18O3. The minimum atomic E-state index is -0.482. The van der Waals surface area contributed by atoms with Gasteiger partial charge in [0.2, 0.25) is 0 Å². The van der Waals surface area contributed by atoms with Crippen LogP contribution < -0.4 is 0 Å². The Bertz CT molecular complexity index is 563. The Kier molecular flexibility index (Phi) is 2.62. The molecule has 1 spiro atoms. The predicted octanol–water partition coefficient (Wildman–Crippen LogP) is 3.94. The van der Waals surface area contributed by atoms with Crippen molar-refractivity contribution in [2.75, 3.05) is 0 Å². The van der Waals surface area contributed by atoms with Crippen LogP contribution in [0.15, 0.2) is 36.4 Å². The number of ether oxygens (including phenoxy) is 2. The van der Waals surface area contributed by atoms with Crippen LogP contribution in [0.5, 0.6) is 0 Å². The molecule has 1 aliphatic heterocycles. The number of carbonyl (C=O) groups excluding carboxylic acids is 1. The summed E-state index contributed by atoms with van der Waals surface area (Å²) in [5.41, 5.74) is 2.18. The topological polar surface area (TPSA) is 35.5 Å². The lowest BCUT2D eigenvalue weighted by atomic mass is 9.64. The van der Waals surface area contributed by atoms with E-state index in [1.807, 2.05) is 6.07 Å². The van der Waals surface area contributed by atoms with Crippen molar-refractivity contribution in [3.05, 3.63) is 42.0 Å². The molecule has 2 fully saturated rings. The van der Waals surface area contributed by atoms with Gasteiger partial charge in [0.1, 0.15) is 6.10 Å². The number of rotatable bonds is 1. The lowest BCUT2D eigenvalue weighted by Crippen LogP contribution is -2.51. The molecule has 4 rings (SSSR count). The molecule has 2 aliphatic carbocycles. The fourth-order valence-electron chi connectivity index (χ4n) is 4.13. The maximum Gasteiger partial charge on any atom is 0.509 e. The van der Waals surface area contributed by atoms with Crippen molar-refractivity contribution >= 4 is 11.7 Å². The minimum absolute atomic E-state index is 0.0900. The maximum atomic E-state index is 11.6. The fraction of sp³-hybridized carbons (Fsp3) is 0.471. The molecule has 3 nitrogen and oxygen atoms in total. The minimum Gasteiger partial charge on any atom is -0.426 e. The van der Waals surface area contributed by atoms with E-state index in [1.54, 1.807) is 0 Å². The molecular weight excluding hydrogens is 252 g/mol. The van der Waals surface area contributed by atoms with Gasteiger partial charge in [0.25, 0.3) is 0 Å². The summed E-state index contributed by atoms with van der Waals surface area (Å²) < 4.78 is 11.1. The van der Waals surface area contributed by atoms with E-state index in [0.29, 0.717) is 0 Å². The molecule has 104 valence electrons. The third-order valence-corrected chi connectivity index (χ3v) is 4.99. The Morgan fingerprint density at radius 1 is 1.15 bits per heavy atom. The molecule has 3 heteroatoms. The van der Waals surface area contributed by atoms with Gasteiger partial charge in [0.15, 0.2) is 5.60 Å². The van der Waals surface area contributed by atoms with Gasteiger partial charge < -0.3 is 9.47 Å². The number of benzene rings is 1. The Morgan fingerprint density at radius 3 is 2.85 bits per heavy atom. The second-order valence-electron chi connectivity index (χ2n) is 5.97.